The standard InChI is InChI=1S/C19H20FN3O3S/c1-13(24)14-2-3-17(16(20)10-14)22-5-7-23(8-6-22)18(25)11-21-19(26)15-4-9-27-12-15/h2-4,9-10,12H,5-8,11H2,1H3,(H,21,26). The fourth-order valence-corrected chi connectivity index (χ4v) is 3.58. The highest BCUT2D eigenvalue weighted by molar-refractivity contribution is 7.08. The average molecular weight is 389 g/mol. The van der Waals surface area contributed by atoms with Crippen LogP contribution in [0.3, 0.4) is 0 Å². The average Bonchev–Trinajstić information content (AvgIpc) is 3.21. The van der Waals surface area contributed by atoms with Gasteiger partial charge in [-0.2, -0.15) is 11.3 Å². The minimum Gasteiger partial charge on any atom is -0.366 e. The maximum Gasteiger partial charge on any atom is 0.252 e. The second kappa shape index (κ2) is 8.30. The van der Waals surface area contributed by atoms with Crippen LogP contribution in [0.5, 0.6) is 0 Å². The second-order valence-corrected chi connectivity index (χ2v) is 7.06. The van der Waals surface area contributed by atoms with Crippen LogP contribution in [0, 0.1) is 5.82 Å². The number of thiophene rings is 1. The molecule has 142 valence electrons. The third kappa shape index (κ3) is 4.51. The number of piperazine rings is 1. The van der Waals surface area contributed by atoms with Crippen molar-refractivity contribution in [2.75, 3.05) is 37.6 Å². The first-order valence-electron chi connectivity index (χ1n) is 8.59. The van der Waals surface area contributed by atoms with Gasteiger partial charge in [-0.05, 0) is 36.6 Å². The molecular formula is C19H20FN3O3S. The molecule has 8 heteroatoms. The molecule has 0 spiro atoms. The van der Waals surface area contributed by atoms with E-state index in [1.807, 2.05) is 4.90 Å². The number of amides is 2. The van der Waals surface area contributed by atoms with E-state index in [9.17, 15) is 18.8 Å². The zero-order chi connectivity index (χ0) is 19.4. The Kier molecular flexibility index (Phi) is 5.85. The van der Waals surface area contributed by atoms with Gasteiger partial charge in [0.05, 0.1) is 12.2 Å². The zero-order valence-electron chi connectivity index (χ0n) is 14.9. The number of nitrogens with one attached hydrogen (secondary N) is 1. The maximum absolute atomic E-state index is 14.3. The molecule has 0 radical (unpaired) electrons. The molecule has 2 amide bonds. The van der Waals surface area contributed by atoms with Crippen LogP contribution >= 0.6 is 11.3 Å². The number of hydrogen-bond donors (Lipinski definition) is 1. The second-order valence-electron chi connectivity index (χ2n) is 6.28. The molecule has 2 heterocycles. The number of carbonyl (C=O) groups is 3. The van der Waals surface area contributed by atoms with Crippen LogP contribution in [-0.4, -0.2) is 55.2 Å². The lowest BCUT2D eigenvalue weighted by molar-refractivity contribution is -0.130. The molecule has 1 N–H and O–H groups in total. The molecule has 6 nitrogen and oxygen atoms in total. The third-order valence-electron chi connectivity index (χ3n) is 4.51. The number of anilines is 1. The van der Waals surface area contributed by atoms with Gasteiger partial charge in [-0.15, -0.1) is 0 Å². The first-order valence-corrected chi connectivity index (χ1v) is 9.53. The Morgan fingerprint density at radius 3 is 2.44 bits per heavy atom. The number of carbonyl (C=O) groups excluding carboxylic acids is 3. The van der Waals surface area contributed by atoms with Gasteiger partial charge in [-0.1, -0.05) is 0 Å². The van der Waals surface area contributed by atoms with Crippen molar-refractivity contribution in [3.8, 4) is 0 Å². The normalized spacial score (nSPS) is 14.1. The van der Waals surface area contributed by atoms with Gasteiger partial charge in [0, 0.05) is 42.7 Å². The molecule has 0 bridgehead atoms. The van der Waals surface area contributed by atoms with E-state index in [0.29, 0.717) is 43.0 Å². The van der Waals surface area contributed by atoms with Crippen molar-refractivity contribution in [3.63, 3.8) is 0 Å². The van der Waals surface area contributed by atoms with Crippen LogP contribution in [0.2, 0.25) is 0 Å². The molecule has 0 atom stereocenters. The van der Waals surface area contributed by atoms with E-state index in [0.717, 1.165) is 0 Å². The molecule has 1 aromatic heterocycles. The summed E-state index contributed by atoms with van der Waals surface area (Å²) in [6.07, 6.45) is 0. The van der Waals surface area contributed by atoms with Crippen molar-refractivity contribution in [1.82, 2.24) is 10.2 Å². The highest BCUT2D eigenvalue weighted by atomic mass is 32.1. The lowest BCUT2D eigenvalue weighted by Crippen LogP contribution is -2.51. The highest BCUT2D eigenvalue weighted by Gasteiger charge is 2.23. The van der Waals surface area contributed by atoms with Gasteiger partial charge in [-0.25, -0.2) is 4.39 Å². The first kappa shape index (κ1) is 19.0. The van der Waals surface area contributed by atoms with Crippen LogP contribution in [0.15, 0.2) is 35.0 Å². The largest absolute Gasteiger partial charge is 0.366 e. The third-order valence-corrected chi connectivity index (χ3v) is 5.19. The predicted octanol–water partition coefficient (Wildman–Crippen LogP) is 2.17. The van der Waals surface area contributed by atoms with Gasteiger partial charge in [0.2, 0.25) is 5.91 Å². The Balaban J connectivity index is 1.52. The van der Waals surface area contributed by atoms with Crippen LogP contribution in [0.1, 0.15) is 27.6 Å². The summed E-state index contributed by atoms with van der Waals surface area (Å²) in [7, 11) is 0. The lowest BCUT2D eigenvalue weighted by Gasteiger charge is -2.36. The molecule has 0 saturated carbocycles. The maximum atomic E-state index is 14.3. The zero-order valence-corrected chi connectivity index (χ0v) is 15.7. The van der Waals surface area contributed by atoms with Gasteiger partial charge in [-0.3, -0.25) is 14.4 Å². The van der Waals surface area contributed by atoms with Gasteiger partial charge >= 0.3 is 0 Å². The predicted molar refractivity (Wildman–Crippen MR) is 102 cm³/mol. The minimum atomic E-state index is -0.439. The quantitative estimate of drug-likeness (QED) is 0.796. The number of Topliss-reactive ketones (excluding diaryl/α,β-unsaturated/α-hetero) is 1. The van der Waals surface area contributed by atoms with E-state index in [1.54, 1.807) is 33.9 Å². The fraction of sp³-hybridized carbons (Fsp3) is 0.316. The molecule has 3 rings (SSSR count). The Bertz CT molecular complexity index is 846. The summed E-state index contributed by atoms with van der Waals surface area (Å²) in [4.78, 5) is 39.0. The van der Waals surface area contributed by atoms with Gasteiger partial charge in [0.25, 0.3) is 5.91 Å². The van der Waals surface area contributed by atoms with Crippen molar-refractivity contribution in [2.24, 2.45) is 0 Å². The highest BCUT2D eigenvalue weighted by Crippen LogP contribution is 2.22. The molecule has 27 heavy (non-hydrogen) atoms. The molecular weight excluding hydrogens is 369 g/mol. The summed E-state index contributed by atoms with van der Waals surface area (Å²) < 4.78 is 14.3. The number of halogens is 1. The van der Waals surface area contributed by atoms with E-state index in [1.165, 1.54) is 24.3 Å². The van der Waals surface area contributed by atoms with Crippen LogP contribution in [-0.2, 0) is 4.79 Å². The Labute approximate surface area is 160 Å². The Morgan fingerprint density at radius 1 is 1.11 bits per heavy atom. The number of hydrogen-bond acceptors (Lipinski definition) is 5. The minimum absolute atomic E-state index is 0.0592. The number of benzene rings is 1. The van der Waals surface area contributed by atoms with Crippen molar-refractivity contribution in [3.05, 3.63) is 52.0 Å². The Morgan fingerprint density at radius 2 is 1.85 bits per heavy atom. The molecule has 1 aliphatic heterocycles. The SMILES string of the molecule is CC(=O)c1ccc(N2CCN(C(=O)CNC(=O)c3ccsc3)CC2)c(F)c1. The molecule has 1 fully saturated rings. The van der Waals surface area contributed by atoms with E-state index < -0.39 is 5.82 Å². The molecule has 1 aliphatic rings. The van der Waals surface area contributed by atoms with Crippen molar-refractivity contribution in [1.29, 1.82) is 0 Å². The Hall–Kier alpha value is -2.74. The fourth-order valence-electron chi connectivity index (χ4n) is 2.94. The summed E-state index contributed by atoms with van der Waals surface area (Å²) in [5.41, 5.74) is 1.31. The molecule has 0 unspecified atom stereocenters. The summed E-state index contributed by atoms with van der Waals surface area (Å²) >= 11 is 1.42. The lowest BCUT2D eigenvalue weighted by atomic mass is 10.1. The molecule has 2 aromatic rings. The summed E-state index contributed by atoms with van der Waals surface area (Å²) in [5, 5.41) is 6.15. The van der Waals surface area contributed by atoms with Crippen LogP contribution in [0.25, 0.3) is 0 Å². The monoisotopic (exact) mass is 389 g/mol. The molecule has 1 aromatic carbocycles. The summed E-state index contributed by atoms with van der Waals surface area (Å²) in [5.74, 6) is -1.05. The van der Waals surface area contributed by atoms with Crippen molar-refractivity contribution >= 4 is 34.6 Å². The molecule has 0 aliphatic carbocycles. The first-order chi connectivity index (χ1) is 13.0. The topological polar surface area (TPSA) is 69.7 Å². The van der Waals surface area contributed by atoms with E-state index in [-0.39, 0.29) is 24.1 Å². The van der Waals surface area contributed by atoms with E-state index in [4.69, 9.17) is 0 Å². The number of nitrogens with zero attached hydrogens (tertiary/aromatic N) is 2. The van der Waals surface area contributed by atoms with Gasteiger partial charge < -0.3 is 15.1 Å². The number of rotatable bonds is 5. The molecule has 1 saturated heterocycles. The number of ketones is 1. The van der Waals surface area contributed by atoms with Gasteiger partial charge in [0.15, 0.2) is 5.78 Å². The van der Waals surface area contributed by atoms with Crippen molar-refractivity contribution < 1.29 is 18.8 Å². The smallest absolute Gasteiger partial charge is 0.252 e. The van der Waals surface area contributed by atoms with Crippen LogP contribution in [0.4, 0.5) is 10.1 Å². The van der Waals surface area contributed by atoms with E-state index in [2.05, 4.69) is 5.32 Å². The van der Waals surface area contributed by atoms with E-state index >= 15 is 0 Å². The van der Waals surface area contributed by atoms with Crippen LogP contribution < -0.4 is 10.2 Å². The van der Waals surface area contributed by atoms with Crippen molar-refractivity contribution in [2.45, 2.75) is 6.92 Å². The summed E-state index contributed by atoms with van der Waals surface area (Å²) in [6.45, 7) is 3.20. The van der Waals surface area contributed by atoms with Gasteiger partial charge in [0.1, 0.15) is 5.82 Å². The summed E-state index contributed by atoms with van der Waals surface area (Å²) in [6, 6.07) is 6.16.